The van der Waals surface area contributed by atoms with Gasteiger partial charge in [-0.2, -0.15) is 0 Å². The maximum absolute atomic E-state index is 12.0. The van der Waals surface area contributed by atoms with E-state index in [0.717, 1.165) is 19.9 Å². The fourth-order valence-corrected chi connectivity index (χ4v) is 3.32. The third-order valence-corrected chi connectivity index (χ3v) is 4.46. The molecule has 0 aliphatic carbocycles. The van der Waals surface area contributed by atoms with Crippen molar-refractivity contribution < 1.29 is 14.1 Å². The van der Waals surface area contributed by atoms with Crippen LogP contribution in [-0.4, -0.2) is 11.1 Å². The van der Waals surface area contributed by atoms with Gasteiger partial charge in [0.25, 0.3) is 0 Å². The maximum Gasteiger partial charge on any atom is 0.313 e. The van der Waals surface area contributed by atoms with Crippen molar-refractivity contribution in [2.45, 2.75) is 33.3 Å². The van der Waals surface area contributed by atoms with Gasteiger partial charge in [-0.25, -0.2) is 0 Å². The van der Waals surface area contributed by atoms with Crippen LogP contribution in [0.5, 0.6) is 0 Å². The van der Waals surface area contributed by atoms with Gasteiger partial charge in [0.2, 0.25) is 0 Å². The number of thiophene rings is 1. The molecule has 0 aliphatic rings. The highest BCUT2D eigenvalue weighted by atomic mass is 79.9. The van der Waals surface area contributed by atoms with Crippen LogP contribution in [0.3, 0.4) is 0 Å². The van der Waals surface area contributed by atoms with Crippen molar-refractivity contribution in [1.29, 1.82) is 0 Å². The lowest BCUT2D eigenvalue weighted by Crippen LogP contribution is -2.14. The van der Waals surface area contributed by atoms with E-state index in [1.807, 2.05) is 19.1 Å². The van der Waals surface area contributed by atoms with Crippen molar-refractivity contribution in [2.24, 2.45) is 0 Å². The predicted molar refractivity (Wildman–Crippen MR) is 76.2 cm³/mol. The van der Waals surface area contributed by atoms with Gasteiger partial charge in [-0.1, -0.05) is 5.16 Å². The molecule has 2 aromatic rings. The summed E-state index contributed by atoms with van der Waals surface area (Å²) in [6.07, 6.45) is 0. The molecule has 4 nitrogen and oxygen atoms in total. The summed E-state index contributed by atoms with van der Waals surface area (Å²) in [6, 6.07) is 3.87. The number of carbonyl (C=O) groups excluding carboxylic acids is 1. The normalized spacial score (nSPS) is 12.4. The van der Waals surface area contributed by atoms with Crippen molar-refractivity contribution in [3.05, 3.63) is 37.8 Å². The number of aryl methyl sites for hydroxylation is 2. The molecule has 6 heteroatoms. The van der Waals surface area contributed by atoms with Gasteiger partial charge in [0.1, 0.15) is 12.4 Å². The number of rotatable bonds is 4. The van der Waals surface area contributed by atoms with Crippen LogP contribution in [0.25, 0.3) is 0 Å². The minimum Gasteiger partial charge on any atom is -0.460 e. The highest BCUT2D eigenvalue weighted by molar-refractivity contribution is 9.11. The van der Waals surface area contributed by atoms with Gasteiger partial charge in [0.15, 0.2) is 0 Å². The van der Waals surface area contributed by atoms with Gasteiger partial charge in [-0.05, 0) is 48.8 Å². The van der Waals surface area contributed by atoms with Gasteiger partial charge in [0.05, 0.1) is 15.4 Å². The molecular formula is C13H14BrNO3S. The summed E-state index contributed by atoms with van der Waals surface area (Å²) in [6.45, 7) is 5.73. The first kappa shape index (κ1) is 14.3. The van der Waals surface area contributed by atoms with E-state index in [1.54, 1.807) is 25.2 Å². The molecule has 102 valence electrons. The predicted octanol–water partition coefficient (Wildman–Crippen LogP) is 3.96. The largest absolute Gasteiger partial charge is 0.460 e. The van der Waals surface area contributed by atoms with Crippen LogP contribution in [-0.2, 0) is 16.1 Å². The van der Waals surface area contributed by atoms with E-state index < -0.39 is 0 Å². The SMILES string of the molecule is Cc1noc(C)c1C(C)C(=O)OCc1ccc(Br)s1. The molecule has 0 N–H and O–H groups in total. The Hall–Kier alpha value is -1.14. The van der Waals surface area contributed by atoms with Gasteiger partial charge >= 0.3 is 5.97 Å². The third kappa shape index (κ3) is 3.25. The summed E-state index contributed by atoms with van der Waals surface area (Å²) in [7, 11) is 0. The number of halogens is 1. The van der Waals surface area contributed by atoms with Crippen LogP contribution >= 0.6 is 27.3 Å². The van der Waals surface area contributed by atoms with E-state index >= 15 is 0 Å². The lowest BCUT2D eigenvalue weighted by atomic mass is 10.00. The van der Waals surface area contributed by atoms with Gasteiger partial charge in [-0.3, -0.25) is 4.79 Å². The second-order valence-corrected chi connectivity index (χ2v) is 6.82. The van der Waals surface area contributed by atoms with Crippen molar-refractivity contribution in [2.75, 3.05) is 0 Å². The molecule has 2 rings (SSSR count). The molecule has 2 aromatic heterocycles. The topological polar surface area (TPSA) is 52.3 Å². The van der Waals surface area contributed by atoms with E-state index in [1.165, 1.54) is 0 Å². The zero-order valence-corrected chi connectivity index (χ0v) is 13.3. The summed E-state index contributed by atoms with van der Waals surface area (Å²) >= 11 is 4.93. The fraction of sp³-hybridized carbons (Fsp3) is 0.385. The van der Waals surface area contributed by atoms with Crippen molar-refractivity contribution in [3.63, 3.8) is 0 Å². The van der Waals surface area contributed by atoms with Crippen LogP contribution in [0, 0.1) is 13.8 Å². The van der Waals surface area contributed by atoms with E-state index in [9.17, 15) is 4.79 Å². The van der Waals surface area contributed by atoms with E-state index in [2.05, 4.69) is 21.1 Å². The van der Waals surface area contributed by atoms with E-state index in [-0.39, 0.29) is 11.9 Å². The van der Waals surface area contributed by atoms with Crippen LogP contribution in [0.4, 0.5) is 0 Å². The Balaban J connectivity index is 2.00. The molecule has 0 aromatic carbocycles. The minimum absolute atomic E-state index is 0.265. The molecule has 0 saturated heterocycles. The van der Waals surface area contributed by atoms with Crippen LogP contribution < -0.4 is 0 Å². The van der Waals surface area contributed by atoms with E-state index in [0.29, 0.717) is 12.4 Å². The van der Waals surface area contributed by atoms with Crippen molar-refractivity contribution in [3.8, 4) is 0 Å². The minimum atomic E-state index is -0.366. The highest BCUT2D eigenvalue weighted by Gasteiger charge is 2.24. The molecule has 0 saturated carbocycles. The Morgan fingerprint density at radius 2 is 2.26 bits per heavy atom. The Morgan fingerprint density at radius 1 is 1.53 bits per heavy atom. The first-order valence-corrected chi connectivity index (χ1v) is 7.43. The van der Waals surface area contributed by atoms with Gasteiger partial charge in [0, 0.05) is 10.4 Å². The lowest BCUT2D eigenvalue weighted by molar-refractivity contribution is -0.146. The molecule has 0 aliphatic heterocycles. The second kappa shape index (κ2) is 5.88. The van der Waals surface area contributed by atoms with Gasteiger partial charge < -0.3 is 9.26 Å². The van der Waals surface area contributed by atoms with Crippen molar-refractivity contribution >= 4 is 33.2 Å². The van der Waals surface area contributed by atoms with Crippen molar-refractivity contribution in [1.82, 2.24) is 5.16 Å². The quantitative estimate of drug-likeness (QED) is 0.788. The standard InChI is InChI=1S/C13H14BrNO3S/c1-7(12-8(2)15-18-9(12)3)13(16)17-6-10-4-5-11(14)19-10/h4-5,7H,6H2,1-3H3. The number of ether oxygens (including phenoxy) is 1. The number of carbonyl (C=O) groups is 1. The van der Waals surface area contributed by atoms with E-state index in [4.69, 9.17) is 9.26 Å². The molecule has 19 heavy (non-hydrogen) atoms. The molecule has 0 amide bonds. The second-order valence-electron chi connectivity index (χ2n) is 4.27. The first-order valence-electron chi connectivity index (χ1n) is 5.82. The molecule has 0 bridgehead atoms. The average Bonchev–Trinajstić information content (AvgIpc) is 2.92. The Bertz CT molecular complexity index is 571. The summed E-state index contributed by atoms with van der Waals surface area (Å²) in [5.74, 6) is 0.0365. The van der Waals surface area contributed by atoms with Crippen LogP contribution in [0.1, 0.15) is 34.7 Å². The van der Waals surface area contributed by atoms with Crippen LogP contribution in [0.15, 0.2) is 20.4 Å². The lowest BCUT2D eigenvalue weighted by Gasteiger charge is -2.10. The monoisotopic (exact) mass is 343 g/mol. The molecule has 0 spiro atoms. The number of nitrogens with zero attached hydrogens (tertiary/aromatic N) is 1. The summed E-state index contributed by atoms with van der Waals surface area (Å²) in [5, 5.41) is 3.85. The Labute approximate surface area is 123 Å². The molecule has 0 fully saturated rings. The molecule has 0 radical (unpaired) electrons. The molecule has 1 atom stereocenters. The highest BCUT2D eigenvalue weighted by Crippen LogP contribution is 2.26. The number of esters is 1. The Kier molecular flexibility index (Phi) is 4.42. The molecule has 2 heterocycles. The number of hydrogen-bond donors (Lipinski definition) is 0. The zero-order chi connectivity index (χ0) is 14.0. The summed E-state index contributed by atoms with van der Waals surface area (Å²) in [4.78, 5) is 13.0. The molecule has 1 unspecified atom stereocenters. The summed E-state index contributed by atoms with van der Waals surface area (Å²) in [5.41, 5.74) is 1.55. The number of hydrogen-bond acceptors (Lipinski definition) is 5. The third-order valence-electron chi connectivity index (χ3n) is 2.86. The van der Waals surface area contributed by atoms with Gasteiger partial charge in [-0.15, -0.1) is 11.3 Å². The zero-order valence-electron chi connectivity index (χ0n) is 10.9. The average molecular weight is 344 g/mol. The number of aromatic nitrogens is 1. The fourth-order valence-electron chi connectivity index (χ4n) is 1.92. The Morgan fingerprint density at radius 3 is 2.79 bits per heavy atom. The maximum atomic E-state index is 12.0. The van der Waals surface area contributed by atoms with Crippen LogP contribution in [0.2, 0.25) is 0 Å². The summed E-state index contributed by atoms with van der Waals surface area (Å²) < 4.78 is 11.4. The molecular weight excluding hydrogens is 330 g/mol. The smallest absolute Gasteiger partial charge is 0.313 e. The first-order chi connectivity index (χ1) is 8.99.